The van der Waals surface area contributed by atoms with Gasteiger partial charge in [-0.2, -0.15) is 8.78 Å². The fourth-order valence-corrected chi connectivity index (χ4v) is 3.08. The molecule has 0 aliphatic carbocycles. The van der Waals surface area contributed by atoms with Crippen LogP contribution < -0.4 is 11.1 Å². The zero-order valence-electron chi connectivity index (χ0n) is 11.3. The summed E-state index contributed by atoms with van der Waals surface area (Å²) < 4.78 is 29.4. The van der Waals surface area contributed by atoms with Gasteiger partial charge >= 0.3 is 5.92 Å². The topological polar surface area (TPSA) is 72.2 Å². The lowest BCUT2D eigenvalue weighted by Gasteiger charge is -2.21. The van der Waals surface area contributed by atoms with E-state index in [1.54, 1.807) is 13.8 Å². The molecule has 0 saturated heterocycles. The maximum Gasteiger partial charge on any atom is 0.350 e. The number of primary amides is 1. The Morgan fingerprint density at radius 3 is 2.38 bits per heavy atom. The fraction of sp³-hybridized carbons (Fsp3) is 0.385. The fourth-order valence-electron chi connectivity index (χ4n) is 1.71. The molecule has 116 valence electrons. The molecule has 0 aromatic heterocycles. The summed E-state index contributed by atoms with van der Waals surface area (Å²) in [5.41, 5.74) is 4.52. The van der Waals surface area contributed by atoms with Crippen LogP contribution in [0.5, 0.6) is 0 Å². The Bertz CT molecular complexity index is 578. The second-order valence-electron chi connectivity index (χ2n) is 4.76. The normalized spacial score (nSPS) is 11.6. The third-order valence-corrected chi connectivity index (χ3v) is 3.72. The SMILES string of the molecule is CC(C)NC(=O)C(F)(F)c1cc(Br)cc(Br)c1CC(N)=O. The van der Waals surface area contributed by atoms with E-state index in [2.05, 4.69) is 37.2 Å². The molecule has 3 N–H and O–H groups in total. The predicted octanol–water partition coefficient (Wildman–Crippen LogP) is 2.86. The molecule has 0 fully saturated rings. The van der Waals surface area contributed by atoms with Crippen molar-refractivity contribution in [2.24, 2.45) is 5.73 Å². The molecule has 8 heteroatoms. The third kappa shape index (κ3) is 4.47. The van der Waals surface area contributed by atoms with Crippen LogP contribution in [-0.2, 0) is 21.9 Å². The summed E-state index contributed by atoms with van der Waals surface area (Å²) in [5.74, 6) is -5.96. The molecule has 0 bridgehead atoms. The second-order valence-corrected chi connectivity index (χ2v) is 6.53. The summed E-state index contributed by atoms with van der Waals surface area (Å²) in [5, 5.41) is 2.17. The van der Waals surface area contributed by atoms with E-state index in [0.717, 1.165) is 6.07 Å². The number of carbonyl (C=O) groups excluding carboxylic acids is 2. The van der Waals surface area contributed by atoms with Crippen molar-refractivity contribution in [2.75, 3.05) is 0 Å². The number of benzene rings is 1. The van der Waals surface area contributed by atoms with Gasteiger partial charge in [-0.15, -0.1) is 0 Å². The molecule has 1 aromatic carbocycles. The Hall–Kier alpha value is -1.02. The van der Waals surface area contributed by atoms with Gasteiger partial charge in [0, 0.05) is 20.6 Å². The highest BCUT2D eigenvalue weighted by atomic mass is 79.9. The number of amides is 2. The van der Waals surface area contributed by atoms with E-state index in [9.17, 15) is 18.4 Å². The Labute approximate surface area is 137 Å². The number of hydrogen-bond donors (Lipinski definition) is 2. The van der Waals surface area contributed by atoms with Gasteiger partial charge in [0.25, 0.3) is 5.91 Å². The van der Waals surface area contributed by atoms with Gasteiger partial charge in [0.2, 0.25) is 5.91 Å². The average molecular weight is 428 g/mol. The van der Waals surface area contributed by atoms with Crippen molar-refractivity contribution < 1.29 is 18.4 Å². The Balaban J connectivity index is 3.38. The van der Waals surface area contributed by atoms with Crippen LogP contribution in [0, 0.1) is 0 Å². The van der Waals surface area contributed by atoms with Gasteiger partial charge in [0.05, 0.1) is 6.42 Å². The van der Waals surface area contributed by atoms with Gasteiger partial charge in [-0.1, -0.05) is 31.9 Å². The van der Waals surface area contributed by atoms with Crippen LogP contribution in [0.3, 0.4) is 0 Å². The van der Waals surface area contributed by atoms with E-state index in [-0.39, 0.29) is 10.0 Å². The molecule has 0 aliphatic heterocycles. The lowest BCUT2D eigenvalue weighted by atomic mass is 9.98. The first kappa shape index (κ1) is 18.0. The maximum absolute atomic E-state index is 14.4. The molecule has 0 radical (unpaired) electrons. The summed E-state index contributed by atoms with van der Waals surface area (Å²) in [6.45, 7) is 3.16. The molecule has 0 saturated carbocycles. The maximum atomic E-state index is 14.4. The van der Waals surface area contributed by atoms with E-state index in [1.807, 2.05) is 0 Å². The Kier molecular flexibility index (Phi) is 5.86. The van der Waals surface area contributed by atoms with E-state index in [4.69, 9.17) is 5.73 Å². The molecular formula is C13H14Br2F2N2O2. The zero-order chi connectivity index (χ0) is 16.4. The van der Waals surface area contributed by atoms with Crippen LogP contribution in [0.2, 0.25) is 0 Å². The molecule has 2 amide bonds. The van der Waals surface area contributed by atoms with Gasteiger partial charge in [-0.25, -0.2) is 0 Å². The molecule has 0 spiro atoms. The zero-order valence-corrected chi connectivity index (χ0v) is 14.5. The van der Waals surface area contributed by atoms with Crippen molar-refractivity contribution in [3.05, 3.63) is 32.2 Å². The number of hydrogen-bond acceptors (Lipinski definition) is 2. The minimum Gasteiger partial charge on any atom is -0.369 e. The summed E-state index contributed by atoms with van der Waals surface area (Å²) in [4.78, 5) is 22.8. The summed E-state index contributed by atoms with van der Waals surface area (Å²) in [6, 6.07) is 2.19. The van der Waals surface area contributed by atoms with Crippen molar-refractivity contribution >= 4 is 43.7 Å². The monoisotopic (exact) mass is 426 g/mol. The largest absolute Gasteiger partial charge is 0.369 e. The van der Waals surface area contributed by atoms with Crippen molar-refractivity contribution in [3.8, 4) is 0 Å². The number of carbonyl (C=O) groups is 2. The van der Waals surface area contributed by atoms with Crippen LogP contribution in [0.15, 0.2) is 21.1 Å². The van der Waals surface area contributed by atoms with Crippen LogP contribution in [0.25, 0.3) is 0 Å². The first-order valence-electron chi connectivity index (χ1n) is 6.01. The average Bonchev–Trinajstić information content (AvgIpc) is 2.30. The highest BCUT2D eigenvalue weighted by molar-refractivity contribution is 9.11. The van der Waals surface area contributed by atoms with Crippen molar-refractivity contribution in [2.45, 2.75) is 32.2 Å². The van der Waals surface area contributed by atoms with E-state index < -0.39 is 35.8 Å². The minimum absolute atomic E-state index is 0.00499. The highest BCUT2D eigenvalue weighted by Gasteiger charge is 2.43. The quantitative estimate of drug-likeness (QED) is 0.758. The van der Waals surface area contributed by atoms with Gasteiger partial charge in [0.1, 0.15) is 0 Å². The van der Waals surface area contributed by atoms with E-state index in [1.165, 1.54) is 6.07 Å². The van der Waals surface area contributed by atoms with Crippen molar-refractivity contribution in [3.63, 3.8) is 0 Å². The van der Waals surface area contributed by atoms with Crippen LogP contribution in [0.4, 0.5) is 8.78 Å². The van der Waals surface area contributed by atoms with Crippen molar-refractivity contribution in [1.82, 2.24) is 5.32 Å². The smallest absolute Gasteiger partial charge is 0.350 e. The molecule has 1 aromatic rings. The molecule has 0 unspecified atom stereocenters. The molecule has 0 aliphatic rings. The summed E-state index contributed by atoms with van der Waals surface area (Å²) in [7, 11) is 0. The molecule has 0 atom stereocenters. The van der Waals surface area contributed by atoms with Crippen LogP contribution in [-0.4, -0.2) is 17.9 Å². The van der Waals surface area contributed by atoms with Crippen molar-refractivity contribution in [1.29, 1.82) is 0 Å². The molecule has 1 rings (SSSR count). The first-order chi connectivity index (χ1) is 9.55. The van der Waals surface area contributed by atoms with Crippen LogP contribution >= 0.6 is 31.9 Å². The van der Waals surface area contributed by atoms with Gasteiger partial charge in [-0.05, 0) is 31.5 Å². The molecule has 21 heavy (non-hydrogen) atoms. The van der Waals surface area contributed by atoms with E-state index in [0.29, 0.717) is 4.47 Å². The molecule has 4 nitrogen and oxygen atoms in total. The van der Waals surface area contributed by atoms with Gasteiger partial charge in [-0.3, -0.25) is 9.59 Å². The summed E-state index contributed by atoms with van der Waals surface area (Å²) >= 11 is 6.21. The number of nitrogens with two attached hydrogens (primary N) is 1. The number of halogens is 4. The number of rotatable bonds is 5. The number of nitrogens with one attached hydrogen (secondary N) is 1. The van der Waals surface area contributed by atoms with E-state index >= 15 is 0 Å². The molecule has 0 heterocycles. The van der Waals surface area contributed by atoms with Gasteiger partial charge in [0.15, 0.2) is 0 Å². The molecular weight excluding hydrogens is 414 g/mol. The Morgan fingerprint density at radius 1 is 1.33 bits per heavy atom. The predicted molar refractivity (Wildman–Crippen MR) is 81.9 cm³/mol. The third-order valence-electron chi connectivity index (χ3n) is 2.55. The first-order valence-corrected chi connectivity index (χ1v) is 7.59. The van der Waals surface area contributed by atoms with Crippen LogP contribution in [0.1, 0.15) is 25.0 Å². The lowest BCUT2D eigenvalue weighted by molar-refractivity contribution is -0.147. The second kappa shape index (κ2) is 6.83. The van der Waals surface area contributed by atoms with Gasteiger partial charge < -0.3 is 11.1 Å². The standard InChI is InChI=1S/C13H14Br2F2N2O2/c1-6(2)19-12(21)13(16,17)9-3-7(14)4-10(15)8(9)5-11(18)20/h3-4,6H,5H2,1-2H3,(H2,18,20)(H,19,21). The summed E-state index contributed by atoms with van der Waals surface area (Å²) in [6.07, 6.45) is -0.395. The minimum atomic E-state index is -3.78. The Morgan fingerprint density at radius 2 is 1.90 bits per heavy atom. The number of alkyl halides is 2. The highest BCUT2D eigenvalue weighted by Crippen LogP contribution is 2.37. The lowest BCUT2D eigenvalue weighted by Crippen LogP contribution is -2.42.